The molecule has 2 rings (SSSR count). The van der Waals surface area contributed by atoms with Crippen LogP contribution in [0.4, 0.5) is 0 Å². The molecule has 1 aromatic carbocycles. The molecule has 92 valence electrons. The van der Waals surface area contributed by atoms with Crippen LogP contribution in [0.15, 0.2) is 35.4 Å². The largest absolute Gasteiger partial charge is 0.280 e. The van der Waals surface area contributed by atoms with Gasteiger partial charge in [0.05, 0.1) is 10.9 Å². The van der Waals surface area contributed by atoms with Crippen molar-refractivity contribution in [1.29, 1.82) is 0 Å². The van der Waals surface area contributed by atoms with Gasteiger partial charge in [-0.15, -0.1) is 0 Å². The first kappa shape index (κ1) is 12.0. The van der Waals surface area contributed by atoms with Crippen molar-refractivity contribution in [2.24, 2.45) is 0 Å². The van der Waals surface area contributed by atoms with Gasteiger partial charge in [0.1, 0.15) is 6.33 Å². The molecule has 0 saturated heterocycles. The molecule has 0 aliphatic carbocycles. The SMILES string of the molecule is CC(=O)N(C(C)=O)n1cnc2ccccc2c1=O. The molecule has 18 heavy (non-hydrogen) atoms. The van der Waals surface area contributed by atoms with E-state index in [0.717, 1.165) is 9.69 Å². The molecule has 6 nitrogen and oxygen atoms in total. The molecule has 0 saturated carbocycles. The Kier molecular flexibility index (Phi) is 2.93. The molecule has 0 spiro atoms. The number of carbonyl (C=O) groups is 2. The van der Waals surface area contributed by atoms with Gasteiger partial charge in [-0.25, -0.2) is 4.98 Å². The van der Waals surface area contributed by atoms with Gasteiger partial charge in [0, 0.05) is 13.8 Å². The highest BCUT2D eigenvalue weighted by molar-refractivity contribution is 6.06. The summed E-state index contributed by atoms with van der Waals surface area (Å²) in [5.41, 5.74) is 0.0665. The molecule has 0 atom stereocenters. The Labute approximate surface area is 102 Å². The number of fused-ring (bicyclic) bond motifs is 1. The number of hydrogen-bond acceptors (Lipinski definition) is 4. The van der Waals surface area contributed by atoms with Crippen LogP contribution in [0.25, 0.3) is 10.9 Å². The monoisotopic (exact) mass is 245 g/mol. The number of benzene rings is 1. The summed E-state index contributed by atoms with van der Waals surface area (Å²) in [4.78, 5) is 39.0. The number of amides is 2. The molecule has 2 amide bonds. The minimum absolute atomic E-state index is 0.354. The zero-order valence-corrected chi connectivity index (χ0v) is 9.95. The van der Waals surface area contributed by atoms with Crippen LogP contribution in [-0.2, 0) is 9.59 Å². The molecular weight excluding hydrogens is 234 g/mol. The van der Waals surface area contributed by atoms with Crippen LogP contribution in [-0.4, -0.2) is 21.5 Å². The second kappa shape index (κ2) is 4.40. The van der Waals surface area contributed by atoms with Gasteiger partial charge in [-0.1, -0.05) is 12.1 Å². The fourth-order valence-electron chi connectivity index (χ4n) is 1.73. The zero-order valence-electron chi connectivity index (χ0n) is 9.95. The van der Waals surface area contributed by atoms with Gasteiger partial charge in [-0.05, 0) is 12.1 Å². The minimum atomic E-state index is -0.540. The van der Waals surface area contributed by atoms with E-state index < -0.39 is 17.4 Å². The molecule has 6 heteroatoms. The molecule has 0 bridgehead atoms. The first-order chi connectivity index (χ1) is 8.52. The topological polar surface area (TPSA) is 72.3 Å². The van der Waals surface area contributed by atoms with Crippen molar-refractivity contribution in [3.05, 3.63) is 40.9 Å². The van der Waals surface area contributed by atoms with Crippen LogP contribution in [0.1, 0.15) is 13.8 Å². The maximum atomic E-state index is 12.2. The predicted octanol–water partition coefficient (Wildman–Crippen LogP) is 0.427. The molecule has 0 aliphatic heterocycles. The Morgan fingerprint density at radius 3 is 2.39 bits per heavy atom. The summed E-state index contributed by atoms with van der Waals surface area (Å²) in [5, 5.41) is 1.11. The van der Waals surface area contributed by atoms with Crippen LogP contribution in [0, 0.1) is 0 Å². The summed E-state index contributed by atoms with van der Waals surface area (Å²) in [6, 6.07) is 6.74. The summed E-state index contributed by atoms with van der Waals surface area (Å²) in [6.07, 6.45) is 1.17. The molecule has 0 fully saturated rings. The molecule has 0 unspecified atom stereocenters. The van der Waals surface area contributed by atoms with E-state index >= 15 is 0 Å². The van der Waals surface area contributed by atoms with Gasteiger partial charge in [-0.2, -0.15) is 9.69 Å². The lowest BCUT2D eigenvalue weighted by molar-refractivity contribution is -0.126. The van der Waals surface area contributed by atoms with Gasteiger partial charge >= 0.3 is 0 Å². The Balaban J connectivity index is 2.72. The molecule has 0 radical (unpaired) electrons. The summed E-state index contributed by atoms with van der Waals surface area (Å²) >= 11 is 0. The molecule has 0 aliphatic rings. The maximum Gasteiger partial charge on any atom is 0.280 e. The number of aromatic nitrogens is 2. The predicted molar refractivity (Wildman–Crippen MR) is 65.6 cm³/mol. The van der Waals surface area contributed by atoms with Gasteiger partial charge in [0.2, 0.25) is 11.8 Å². The molecule has 2 aromatic rings. The quantitative estimate of drug-likeness (QED) is 0.730. The first-order valence-corrected chi connectivity index (χ1v) is 5.30. The Morgan fingerprint density at radius 2 is 1.78 bits per heavy atom. The number of hydrogen-bond donors (Lipinski definition) is 0. The molecular formula is C12H11N3O3. The Hall–Kier alpha value is -2.50. The minimum Gasteiger partial charge on any atom is -0.273 e. The smallest absolute Gasteiger partial charge is 0.273 e. The maximum absolute atomic E-state index is 12.2. The number of nitrogens with zero attached hydrogens (tertiary/aromatic N) is 3. The fraction of sp³-hybridized carbons (Fsp3) is 0.167. The third-order valence-corrected chi connectivity index (χ3v) is 2.46. The highest BCUT2D eigenvalue weighted by Crippen LogP contribution is 2.05. The van der Waals surface area contributed by atoms with E-state index in [2.05, 4.69) is 4.98 Å². The fourth-order valence-corrected chi connectivity index (χ4v) is 1.73. The summed E-state index contributed by atoms with van der Waals surface area (Å²) in [6.45, 7) is 2.42. The summed E-state index contributed by atoms with van der Waals surface area (Å²) in [5.74, 6) is -1.08. The average Bonchev–Trinajstić information content (AvgIpc) is 2.32. The lowest BCUT2D eigenvalue weighted by atomic mass is 10.2. The van der Waals surface area contributed by atoms with Crippen LogP contribution in [0.5, 0.6) is 0 Å². The third kappa shape index (κ3) is 1.88. The average molecular weight is 245 g/mol. The van der Waals surface area contributed by atoms with E-state index in [9.17, 15) is 14.4 Å². The van der Waals surface area contributed by atoms with E-state index in [0.29, 0.717) is 10.9 Å². The summed E-state index contributed by atoms with van der Waals surface area (Å²) < 4.78 is 0.924. The van der Waals surface area contributed by atoms with Crippen LogP contribution >= 0.6 is 0 Å². The van der Waals surface area contributed by atoms with Crippen LogP contribution < -0.4 is 10.6 Å². The summed E-state index contributed by atoms with van der Waals surface area (Å²) in [7, 11) is 0. The van der Waals surface area contributed by atoms with E-state index in [1.807, 2.05) is 0 Å². The van der Waals surface area contributed by atoms with Gasteiger partial charge in [-0.3, -0.25) is 14.4 Å². The van der Waals surface area contributed by atoms with Crippen molar-refractivity contribution in [2.75, 3.05) is 5.01 Å². The highest BCUT2D eigenvalue weighted by atomic mass is 16.2. The zero-order chi connectivity index (χ0) is 13.3. The Bertz CT molecular complexity index is 676. The Morgan fingerprint density at radius 1 is 1.17 bits per heavy atom. The second-order valence-corrected chi connectivity index (χ2v) is 3.76. The normalized spacial score (nSPS) is 10.3. The van der Waals surface area contributed by atoms with Crippen molar-refractivity contribution in [2.45, 2.75) is 13.8 Å². The van der Waals surface area contributed by atoms with Crippen molar-refractivity contribution in [3.63, 3.8) is 0 Å². The molecule has 1 heterocycles. The third-order valence-electron chi connectivity index (χ3n) is 2.46. The van der Waals surface area contributed by atoms with E-state index in [1.54, 1.807) is 24.3 Å². The van der Waals surface area contributed by atoms with Crippen molar-refractivity contribution in [3.8, 4) is 0 Å². The number of para-hydroxylation sites is 1. The van der Waals surface area contributed by atoms with Crippen LogP contribution in [0.3, 0.4) is 0 Å². The standard InChI is InChI=1S/C12H11N3O3/c1-8(16)15(9(2)17)14-7-13-11-6-4-3-5-10(11)12(14)18/h3-7H,1-2H3. The number of rotatable bonds is 1. The van der Waals surface area contributed by atoms with E-state index in [1.165, 1.54) is 20.2 Å². The lowest BCUT2D eigenvalue weighted by Gasteiger charge is -2.18. The van der Waals surface area contributed by atoms with Gasteiger partial charge in [0.25, 0.3) is 5.56 Å². The molecule has 1 aromatic heterocycles. The number of imide groups is 1. The van der Waals surface area contributed by atoms with Crippen molar-refractivity contribution in [1.82, 2.24) is 9.66 Å². The highest BCUT2D eigenvalue weighted by Gasteiger charge is 2.18. The van der Waals surface area contributed by atoms with E-state index in [4.69, 9.17) is 0 Å². The number of carbonyl (C=O) groups excluding carboxylic acids is 2. The van der Waals surface area contributed by atoms with Crippen molar-refractivity contribution < 1.29 is 9.59 Å². The van der Waals surface area contributed by atoms with Gasteiger partial charge < -0.3 is 0 Å². The van der Waals surface area contributed by atoms with Crippen molar-refractivity contribution >= 4 is 22.7 Å². The van der Waals surface area contributed by atoms with E-state index in [-0.39, 0.29) is 0 Å². The lowest BCUT2D eigenvalue weighted by Crippen LogP contribution is -2.48. The van der Waals surface area contributed by atoms with Crippen LogP contribution in [0.2, 0.25) is 0 Å². The van der Waals surface area contributed by atoms with Gasteiger partial charge in [0.15, 0.2) is 0 Å². The first-order valence-electron chi connectivity index (χ1n) is 5.30. The molecule has 0 N–H and O–H groups in total. The second-order valence-electron chi connectivity index (χ2n) is 3.76.